The number of halogens is 1. The molecule has 1 aliphatic heterocycles. The summed E-state index contributed by atoms with van der Waals surface area (Å²) in [6.07, 6.45) is 2.21. The maximum absolute atomic E-state index is 5.75. The van der Waals surface area contributed by atoms with Crippen molar-refractivity contribution in [3.05, 3.63) is 17.0 Å². The first-order valence-corrected chi connectivity index (χ1v) is 7.04. The average Bonchev–Trinajstić information content (AvgIpc) is 2.99. The second-order valence-electron chi connectivity index (χ2n) is 5.48. The molecular formula is C14H25IN4O2. The van der Waals surface area contributed by atoms with Crippen molar-refractivity contribution in [3.8, 4) is 0 Å². The first-order chi connectivity index (χ1) is 9.54. The molecule has 1 unspecified atom stereocenters. The summed E-state index contributed by atoms with van der Waals surface area (Å²) in [4.78, 5) is 4.23. The van der Waals surface area contributed by atoms with Crippen LogP contribution >= 0.6 is 24.0 Å². The summed E-state index contributed by atoms with van der Waals surface area (Å²) in [7, 11) is 1.76. The summed E-state index contributed by atoms with van der Waals surface area (Å²) >= 11 is 0. The Labute approximate surface area is 143 Å². The van der Waals surface area contributed by atoms with Crippen molar-refractivity contribution < 1.29 is 9.26 Å². The van der Waals surface area contributed by atoms with Crippen LogP contribution in [0.2, 0.25) is 0 Å². The molecule has 1 aromatic heterocycles. The van der Waals surface area contributed by atoms with E-state index in [1.165, 1.54) is 0 Å². The van der Waals surface area contributed by atoms with E-state index < -0.39 is 0 Å². The van der Waals surface area contributed by atoms with Crippen LogP contribution in [-0.4, -0.2) is 36.9 Å². The van der Waals surface area contributed by atoms with Crippen molar-refractivity contribution >= 4 is 29.9 Å². The minimum absolute atomic E-state index is 0. The third-order valence-corrected chi connectivity index (χ3v) is 3.77. The molecule has 7 heteroatoms. The molecule has 21 heavy (non-hydrogen) atoms. The van der Waals surface area contributed by atoms with Crippen LogP contribution in [0.25, 0.3) is 0 Å². The van der Waals surface area contributed by atoms with Gasteiger partial charge >= 0.3 is 0 Å². The minimum atomic E-state index is -0.0827. The van der Waals surface area contributed by atoms with E-state index in [4.69, 9.17) is 9.26 Å². The van der Waals surface area contributed by atoms with Crippen LogP contribution in [0.15, 0.2) is 9.52 Å². The Morgan fingerprint density at radius 2 is 2.14 bits per heavy atom. The van der Waals surface area contributed by atoms with Crippen LogP contribution in [0.3, 0.4) is 0 Å². The molecule has 2 N–H and O–H groups in total. The van der Waals surface area contributed by atoms with Crippen molar-refractivity contribution in [2.75, 3.05) is 20.2 Å². The molecule has 1 aromatic rings. The van der Waals surface area contributed by atoms with Crippen LogP contribution in [0.1, 0.15) is 36.8 Å². The van der Waals surface area contributed by atoms with Crippen molar-refractivity contribution in [2.45, 2.75) is 45.8 Å². The lowest BCUT2D eigenvalue weighted by atomic mass is 10.0. The Kier molecular flexibility index (Phi) is 6.92. The SMILES string of the molecule is CN=C(NCc1c(C)noc1C)NCC1(C)CCCO1.I. The molecule has 0 aliphatic carbocycles. The van der Waals surface area contributed by atoms with E-state index in [1.54, 1.807) is 7.05 Å². The molecule has 2 heterocycles. The molecule has 0 spiro atoms. The zero-order chi connectivity index (χ0) is 14.6. The standard InChI is InChI=1S/C14H24N4O2.HI/c1-10-12(11(2)20-18-10)8-16-13(15-4)17-9-14(3)6-5-7-19-14;/h5-9H2,1-4H3,(H2,15,16,17);1H. The van der Waals surface area contributed by atoms with Crippen LogP contribution < -0.4 is 10.6 Å². The number of ether oxygens (including phenoxy) is 1. The summed E-state index contributed by atoms with van der Waals surface area (Å²) < 4.78 is 10.9. The Balaban J connectivity index is 0.00000220. The first-order valence-electron chi connectivity index (χ1n) is 7.04. The lowest BCUT2D eigenvalue weighted by Crippen LogP contribution is -2.45. The number of rotatable bonds is 4. The zero-order valence-corrected chi connectivity index (χ0v) is 15.5. The second-order valence-corrected chi connectivity index (χ2v) is 5.48. The van der Waals surface area contributed by atoms with Gasteiger partial charge in [-0.2, -0.15) is 0 Å². The average molecular weight is 408 g/mol. The number of hydrogen-bond acceptors (Lipinski definition) is 4. The fourth-order valence-electron chi connectivity index (χ4n) is 2.39. The van der Waals surface area contributed by atoms with Gasteiger partial charge in [0, 0.05) is 32.3 Å². The van der Waals surface area contributed by atoms with Crippen molar-refractivity contribution in [3.63, 3.8) is 0 Å². The van der Waals surface area contributed by atoms with Crippen LogP contribution in [-0.2, 0) is 11.3 Å². The summed E-state index contributed by atoms with van der Waals surface area (Å²) in [5.74, 6) is 1.61. The lowest BCUT2D eigenvalue weighted by molar-refractivity contribution is 0.0243. The first kappa shape index (κ1) is 18.2. The molecule has 0 amide bonds. The molecule has 0 bridgehead atoms. The Morgan fingerprint density at radius 3 is 2.67 bits per heavy atom. The van der Waals surface area contributed by atoms with Gasteiger partial charge in [-0.15, -0.1) is 24.0 Å². The van der Waals surface area contributed by atoms with Crippen molar-refractivity contribution in [1.82, 2.24) is 15.8 Å². The van der Waals surface area contributed by atoms with E-state index >= 15 is 0 Å². The van der Waals surface area contributed by atoms with E-state index in [1.807, 2.05) is 13.8 Å². The molecule has 1 fully saturated rings. The number of hydrogen-bond donors (Lipinski definition) is 2. The van der Waals surface area contributed by atoms with Crippen LogP contribution in [0.5, 0.6) is 0 Å². The topological polar surface area (TPSA) is 71.7 Å². The fourth-order valence-corrected chi connectivity index (χ4v) is 2.39. The molecule has 1 atom stereocenters. The second kappa shape index (κ2) is 7.98. The summed E-state index contributed by atoms with van der Waals surface area (Å²) in [5.41, 5.74) is 1.91. The van der Waals surface area contributed by atoms with Gasteiger partial charge in [-0.05, 0) is 33.6 Å². The molecular weight excluding hydrogens is 383 g/mol. The van der Waals surface area contributed by atoms with Gasteiger partial charge in [-0.3, -0.25) is 4.99 Å². The monoisotopic (exact) mass is 408 g/mol. The molecule has 0 saturated carbocycles. The van der Waals surface area contributed by atoms with Gasteiger partial charge in [0.2, 0.25) is 0 Å². The Morgan fingerprint density at radius 1 is 1.38 bits per heavy atom. The fraction of sp³-hybridized carbons (Fsp3) is 0.714. The Bertz CT molecular complexity index is 462. The number of nitrogens with one attached hydrogen (secondary N) is 2. The number of nitrogens with zero attached hydrogens (tertiary/aromatic N) is 2. The van der Waals surface area contributed by atoms with E-state index in [0.29, 0.717) is 6.54 Å². The van der Waals surface area contributed by atoms with E-state index in [9.17, 15) is 0 Å². The number of aryl methyl sites for hydroxylation is 2. The van der Waals surface area contributed by atoms with Crippen LogP contribution in [0.4, 0.5) is 0 Å². The van der Waals surface area contributed by atoms with E-state index in [2.05, 4.69) is 27.7 Å². The molecule has 1 aliphatic rings. The predicted octanol–water partition coefficient (Wildman–Crippen LogP) is 2.14. The molecule has 120 valence electrons. The largest absolute Gasteiger partial charge is 0.373 e. The van der Waals surface area contributed by atoms with Gasteiger partial charge in [0.05, 0.1) is 11.3 Å². The maximum Gasteiger partial charge on any atom is 0.191 e. The zero-order valence-electron chi connectivity index (χ0n) is 13.2. The van der Waals surface area contributed by atoms with E-state index in [0.717, 1.165) is 49.0 Å². The van der Waals surface area contributed by atoms with Crippen LogP contribution in [0, 0.1) is 13.8 Å². The number of aliphatic imine (C=N–C) groups is 1. The molecule has 6 nitrogen and oxygen atoms in total. The minimum Gasteiger partial charge on any atom is -0.373 e. The molecule has 0 aromatic carbocycles. The quantitative estimate of drug-likeness (QED) is 0.454. The van der Waals surface area contributed by atoms with Crippen molar-refractivity contribution in [2.24, 2.45) is 4.99 Å². The predicted molar refractivity (Wildman–Crippen MR) is 93.2 cm³/mol. The van der Waals surface area contributed by atoms with Gasteiger partial charge in [-0.25, -0.2) is 0 Å². The maximum atomic E-state index is 5.75. The highest BCUT2D eigenvalue weighted by molar-refractivity contribution is 14.0. The summed E-state index contributed by atoms with van der Waals surface area (Å²) in [6.45, 7) is 8.25. The highest BCUT2D eigenvalue weighted by Gasteiger charge is 2.29. The van der Waals surface area contributed by atoms with Gasteiger partial charge in [0.25, 0.3) is 0 Å². The molecule has 0 radical (unpaired) electrons. The summed E-state index contributed by atoms with van der Waals surface area (Å²) in [5, 5.41) is 10.5. The Hall–Kier alpha value is -0.830. The smallest absolute Gasteiger partial charge is 0.191 e. The van der Waals surface area contributed by atoms with Gasteiger partial charge in [0.1, 0.15) is 5.76 Å². The van der Waals surface area contributed by atoms with Gasteiger partial charge in [-0.1, -0.05) is 5.16 Å². The third kappa shape index (κ3) is 4.84. The normalized spacial score (nSPS) is 22.0. The number of guanidine groups is 1. The lowest BCUT2D eigenvalue weighted by Gasteiger charge is -2.24. The van der Waals surface area contributed by atoms with Gasteiger partial charge < -0.3 is 19.9 Å². The van der Waals surface area contributed by atoms with Gasteiger partial charge in [0.15, 0.2) is 5.96 Å². The van der Waals surface area contributed by atoms with Crippen molar-refractivity contribution in [1.29, 1.82) is 0 Å². The summed E-state index contributed by atoms with van der Waals surface area (Å²) in [6, 6.07) is 0. The highest BCUT2D eigenvalue weighted by Crippen LogP contribution is 2.23. The molecule has 1 saturated heterocycles. The van der Waals surface area contributed by atoms with E-state index in [-0.39, 0.29) is 29.6 Å². The number of aromatic nitrogens is 1. The highest BCUT2D eigenvalue weighted by atomic mass is 127. The molecule has 2 rings (SSSR count). The third-order valence-electron chi connectivity index (χ3n) is 3.77.